The number of benzene rings is 1. The molecule has 0 aliphatic rings. The van der Waals surface area contributed by atoms with Gasteiger partial charge in [0.2, 0.25) is 0 Å². The fourth-order valence-corrected chi connectivity index (χ4v) is 1.38. The van der Waals surface area contributed by atoms with E-state index < -0.39 is 5.91 Å². The van der Waals surface area contributed by atoms with Crippen LogP contribution in [0.1, 0.15) is 16.1 Å². The van der Waals surface area contributed by atoms with Crippen LogP contribution in [0, 0.1) is 5.82 Å². The summed E-state index contributed by atoms with van der Waals surface area (Å²) >= 11 is 0. The summed E-state index contributed by atoms with van der Waals surface area (Å²) in [7, 11) is 0. The van der Waals surface area contributed by atoms with Crippen molar-refractivity contribution in [2.75, 3.05) is 5.73 Å². The first-order valence-corrected chi connectivity index (χ1v) is 4.99. The molecule has 6 heteroatoms. The van der Waals surface area contributed by atoms with Gasteiger partial charge in [-0.15, -0.1) is 0 Å². The van der Waals surface area contributed by atoms with Crippen molar-refractivity contribution < 1.29 is 9.18 Å². The molecule has 0 unspecified atom stereocenters. The number of H-pyrrole nitrogens is 1. The van der Waals surface area contributed by atoms with Crippen molar-refractivity contribution in [1.82, 2.24) is 15.5 Å². The number of aromatic amines is 1. The third kappa shape index (κ3) is 2.41. The maximum absolute atomic E-state index is 13.3. The second-order valence-corrected chi connectivity index (χ2v) is 3.47. The smallest absolute Gasteiger partial charge is 0.271 e. The lowest BCUT2D eigenvalue weighted by Gasteiger charge is -2.05. The average Bonchev–Trinajstić information content (AvgIpc) is 2.74. The molecular weight excluding hydrogens is 223 g/mol. The topological polar surface area (TPSA) is 83.8 Å². The van der Waals surface area contributed by atoms with Gasteiger partial charge in [0.15, 0.2) is 0 Å². The van der Waals surface area contributed by atoms with Crippen LogP contribution in [0.3, 0.4) is 0 Å². The highest BCUT2D eigenvalue weighted by atomic mass is 19.1. The van der Waals surface area contributed by atoms with Crippen LogP contribution in [0.5, 0.6) is 0 Å². The van der Waals surface area contributed by atoms with Crippen LogP contribution in [0.15, 0.2) is 30.5 Å². The van der Waals surface area contributed by atoms with E-state index in [9.17, 15) is 9.18 Å². The van der Waals surface area contributed by atoms with E-state index in [-0.39, 0.29) is 23.7 Å². The number of anilines is 1. The molecule has 1 aromatic carbocycles. The number of aromatic nitrogens is 2. The highest BCUT2D eigenvalue weighted by Crippen LogP contribution is 2.08. The summed E-state index contributed by atoms with van der Waals surface area (Å²) in [6.07, 6.45) is 1.35. The quantitative estimate of drug-likeness (QED) is 0.742. The minimum Gasteiger partial charge on any atom is -0.396 e. The summed E-state index contributed by atoms with van der Waals surface area (Å²) in [6, 6.07) is 6.24. The lowest BCUT2D eigenvalue weighted by atomic mass is 10.2. The summed E-state index contributed by atoms with van der Waals surface area (Å²) in [5.41, 5.74) is 6.37. The Labute approximate surface area is 96.8 Å². The Morgan fingerprint density at radius 2 is 2.24 bits per heavy atom. The molecule has 0 radical (unpaired) electrons. The molecule has 2 aromatic rings. The normalized spacial score (nSPS) is 10.2. The Balaban J connectivity index is 2.02. The van der Waals surface area contributed by atoms with Crippen LogP contribution >= 0.6 is 0 Å². The van der Waals surface area contributed by atoms with Gasteiger partial charge >= 0.3 is 0 Å². The van der Waals surface area contributed by atoms with Gasteiger partial charge in [-0.25, -0.2) is 4.39 Å². The first-order valence-electron chi connectivity index (χ1n) is 4.99. The fourth-order valence-electron chi connectivity index (χ4n) is 1.38. The molecule has 0 fully saturated rings. The van der Waals surface area contributed by atoms with Crippen molar-refractivity contribution in [2.24, 2.45) is 0 Å². The number of rotatable bonds is 3. The molecule has 0 aliphatic carbocycles. The summed E-state index contributed by atoms with van der Waals surface area (Å²) < 4.78 is 13.3. The Hall–Kier alpha value is -2.37. The van der Waals surface area contributed by atoms with Gasteiger partial charge < -0.3 is 11.1 Å². The third-order valence-electron chi connectivity index (χ3n) is 2.29. The van der Waals surface area contributed by atoms with E-state index in [4.69, 9.17) is 5.73 Å². The molecule has 17 heavy (non-hydrogen) atoms. The zero-order chi connectivity index (χ0) is 12.3. The van der Waals surface area contributed by atoms with Crippen LogP contribution in [0.2, 0.25) is 0 Å². The Morgan fingerprint density at radius 3 is 2.88 bits per heavy atom. The van der Waals surface area contributed by atoms with E-state index in [0.717, 1.165) is 0 Å². The molecule has 0 saturated heterocycles. The van der Waals surface area contributed by atoms with Gasteiger partial charge in [0.05, 0.1) is 11.9 Å². The van der Waals surface area contributed by atoms with Gasteiger partial charge in [-0.1, -0.05) is 18.2 Å². The minimum absolute atomic E-state index is 0.101. The summed E-state index contributed by atoms with van der Waals surface area (Å²) in [6.45, 7) is 0.101. The SMILES string of the molecule is Nc1cn[nH]c1C(=O)NCc1ccccc1F. The van der Waals surface area contributed by atoms with Crippen LogP contribution < -0.4 is 11.1 Å². The highest BCUT2D eigenvalue weighted by molar-refractivity contribution is 5.96. The molecule has 0 aliphatic heterocycles. The van der Waals surface area contributed by atoms with Crippen molar-refractivity contribution in [3.63, 3.8) is 0 Å². The molecule has 88 valence electrons. The number of hydrogen-bond donors (Lipinski definition) is 3. The number of carbonyl (C=O) groups excluding carboxylic acids is 1. The molecule has 4 N–H and O–H groups in total. The zero-order valence-electron chi connectivity index (χ0n) is 8.90. The lowest BCUT2D eigenvalue weighted by molar-refractivity contribution is 0.0946. The molecule has 5 nitrogen and oxygen atoms in total. The Bertz CT molecular complexity index is 538. The maximum atomic E-state index is 13.3. The van der Waals surface area contributed by atoms with Crippen molar-refractivity contribution >= 4 is 11.6 Å². The molecular formula is C11H11FN4O. The second kappa shape index (κ2) is 4.65. The zero-order valence-corrected chi connectivity index (χ0v) is 8.90. The number of hydrogen-bond acceptors (Lipinski definition) is 3. The van der Waals surface area contributed by atoms with E-state index in [1.165, 1.54) is 12.3 Å². The monoisotopic (exact) mass is 234 g/mol. The number of nitrogens with zero attached hydrogens (tertiary/aromatic N) is 1. The molecule has 1 heterocycles. The number of nitrogens with two attached hydrogens (primary N) is 1. The number of carbonyl (C=O) groups is 1. The number of amides is 1. The van der Waals surface area contributed by atoms with Crippen LogP contribution in [0.25, 0.3) is 0 Å². The summed E-state index contributed by atoms with van der Waals surface area (Å²) in [4.78, 5) is 11.6. The molecule has 2 rings (SSSR count). The van der Waals surface area contributed by atoms with E-state index in [1.807, 2.05) is 0 Å². The second-order valence-electron chi connectivity index (χ2n) is 3.47. The van der Waals surface area contributed by atoms with Crippen molar-refractivity contribution in [3.05, 3.63) is 47.5 Å². The van der Waals surface area contributed by atoms with Crippen LogP contribution in [-0.2, 0) is 6.54 Å². The van der Waals surface area contributed by atoms with E-state index >= 15 is 0 Å². The van der Waals surface area contributed by atoms with E-state index in [1.54, 1.807) is 18.2 Å². The number of halogens is 1. The Kier molecular flexibility index (Phi) is 3.04. The first kappa shape index (κ1) is 11.1. The minimum atomic E-state index is -0.414. The average molecular weight is 234 g/mol. The van der Waals surface area contributed by atoms with Gasteiger partial charge in [-0.3, -0.25) is 9.89 Å². The van der Waals surface area contributed by atoms with Gasteiger partial charge in [-0.05, 0) is 6.07 Å². The van der Waals surface area contributed by atoms with E-state index in [2.05, 4.69) is 15.5 Å². The molecule has 0 bridgehead atoms. The van der Waals surface area contributed by atoms with Gasteiger partial charge in [0.25, 0.3) is 5.91 Å². The number of nitrogen functional groups attached to an aromatic ring is 1. The largest absolute Gasteiger partial charge is 0.396 e. The fraction of sp³-hybridized carbons (Fsp3) is 0.0909. The maximum Gasteiger partial charge on any atom is 0.271 e. The Morgan fingerprint density at radius 1 is 1.47 bits per heavy atom. The molecule has 0 saturated carbocycles. The molecule has 1 amide bonds. The van der Waals surface area contributed by atoms with Crippen molar-refractivity contribution in [2.45, 2.75) is 6.54 Å². The first-order chi connectivity index (χ1) is 8.18. The van der Waals surface area contributed by atoms with Crippen molar-refractivity contribution in [3.8, 4) is 0 Å². The van der Waals surface area contributed by atoms with Crippen LogP contribution in [-0.4, -0.2) is 16.1 Å². The lowest BCUT2D eigenvalue weighted by Crippen LogP contribution is -2.24. The van der Waals surface area contributed by atoms with E-state index in [0.29, 0.717) is 5.56 Å². The predicted molar refractivity (Wildman–Crippen MR) is 60.6 cm³/mol. The number of nitrogens with one attached hydrogen (secondary N) is 2. The molecule has 0 spiro atoms. The predicted octanol–water partition coefficient (Wildman–Crippen LogP) is 1.06. The van der Waals surface area contributed by atoms with Crippen molar-refractivity contribution in [1.29, 1.82) is 0 Å². The standard InChI is InChI=1S/C11H11FN4O/c12-8-4-2-1-3-7(8)5-14-11(17)10-9(13)6-15-16-10/h1-4,6H,5,13H2,(H,14,17)(H,15,16). The van der Waals surface area contributed by atoms with Crippen LogP contribution in [0.4, 0.5) is 10.1 Å². The molecule has 1 aromatic heterocycles. The summed E-state index contributed by atoms with van der Waals surface area (Å²) in [5.74, 6) is -0.770. The third-order valence-corrected chi connectivity index (χ3v) is 2.29. The van der Waals surface area contributed by atoms with Gasteiger partial charge in [0.1, 0.15) is 11.5 Å². The summed E-state index contributed by atoms with van der Waals surface area (Å²) in [5, 5.41) is 8.66. The van der Waals surface area contributed by atoms with Gasteiger partial charge in [-0.2, -0.15) is 5.10 Å². The molecule has 0 atom stereocenters. The van der Waals surface area contributed by atoms with Gasteiger partial charge in [0, 0.05) is 12.1 Å². The highest BCUT2D eigenvalue weighted by Gasteiger charge is 2.11.